The predicted octanol–water partition coefficient (Wildman–Crippen LogP) is 3.05. The number of aromatic nitrogens is 2. The van der Waals surface area contributed by atoms with Crippen molar-refractivity contribution in [2.45, 2.75) is 13.0 Å². The van der Waals surface area contributed by atoms with Crippen molar-refractivity contribution in [3.8, 4) is 11.3 Å². The molecule has 4 rings (SSSR count). The van der Waals surface area contributed by atoms with Gasteiger partial charge in [0.25, 0.3) is 5.91 Å². The van der Waals surface area contributed by atoms with Crippen LogP contribution >= 0.6 is 11.3 Å². The van der Waals surface area contributed by atoms with E-state index in [2.05, 4.69) is 39.8 Å². The van der Waals surface area contributed by atoms with Gasteiger partial charge in [-0.2, -0.15) is 5.10 Å². The molecule has 1 atom stereocenters. The SMILES string of the molecule is CC(NC(=O)c1cc2c(-c3ccc4ccccc4c3)n[nH]c2s1)C(N)=O. The van der Waals surface area contributed by atoms with Crippen molar-refractivity contribution in [3.63, 3.8) is 0 Å². The molecule has 4 N–H and O–H groups in total. The minimum atomic E-state index is -0.721. The van der Waals surface area contributed by atoms with E-state index in [-0.39, 0.29) is 5.91 Å². The molecule has 0 aliphatic rings. The van der Waals surface area contributed by atoms with Gasteiger partial charge in [-0.3, -0.25) is 14.7 Å². The second kappa shape index (κ2) is 6.27. The summed E-state index contributed by atoms with van der Waals surface area (Å²) >= 11 is 1.30. The largest absolute Gasteiger partial charge is 0.368 e. The van der Waals surface area contributed by atoms with Gasteiger partial charge in [0.1, 0.15) is 16.6 Å². The molecular formula is C19H16N4O2S. The van der Waals surface area contributed by atoms with Crippen molar-refractivity contribution < 1.29 is 9.59 Å². The van der Waals surface area contributed by atoms with Gasteiger partial charge >= 0.3 is 0 Å². The molecule has 0 bridgehead atoms. The highest BCUT2D eigenvalue weighted by atomic mass is 32.1. The number of rotatable bonds is 4. The molecule has 6 nitrogen and oxygen atoms in total. The third-order valence-electron chi connectivity index (χ3n) is 4.28. The average Bonchev–Trinajstić information content (AvgIpc) is 3.21. The Morgan fingerprint density at radius 1 is 1.15 bits per heavy atom. The number of primary amides is 1. The Morgan fingerprint density at radius 3 is 2.69 bits per heavy atom. The van der Waals surface area contributed by atoms with Gasteiger partial charge in [0.05, 0.1) is 4.88 Å². The second-order valence-electron chi connectivity index (χ2n) is 6.09. The smallest absolute Gasteiger partial charge is 0.262 e. The van der Waals surface area contributed by atoms with Crippen molar-refractivity contribution in [2.24, 2.45) is 5.73 Å². The summed E-state index contributed by atoms with van der Waals surface area (Å²) in [7, 11) is 0. The number of H-pyrrole nitrogens is 1. The fourth-order valence-corrected chi connectivity index (χ4v) is 3.73. The second-order valence-corrected chi connectivity index (χ2v) is 7.14. The molecule has 2 aromatic carbocycles. The quantitative estimate of drug-likeness (QED) is 0.519. The van der Waals surface area contributed by atoms with Gasteiger partial charge in [-0.15, -0.1) is 11.3 Å². The Labute approximate surface area is 153 Å². The summed E-state index contributed by atoms with van der Waals surface area (Å²) in [6.45, 7) is 1.56. The summed E-state index contributed by atoms with van der Waals surface area (Å²) in [5.74, 6) is -0.894. The molecule has 2 amide bonds. The topological polar surface area (TPSA) is 101 Å². The van der Waals surface area contributed by atoms with Crippen LogP contribution in [0.4, 0.5) is 0 Å². The Bertz CT molecular complexity index is 1140. The number of nitrogens with one attached hydrogen (secondary N) is 2. The Morgan fingerprint density at radius 2 is 1.92 bits per heavy atom. The van der Waals surface area contributed by atoms with E-state index in [0.717, 1.165) is 32.2 Å². The van der Waals surface area contributed by atoms with E-state index in [9.17, 15) is 9.59 Å². The van der Waals surface area contributed by atoms with Crippen LogP contribution in [0.5, 0.6) is 0 Å². The molecule has 130 valence electrons. The maximum Gasteiger partial charge on any atom is 0.262 e. The number of carbonyl (C=O) groups excluding carboxylic acids is 2. The van der Waals surface area contributed by atoms with Crippen LogP contribution in [-0.2, 0) is 4.79 Å². The lowest BCUT2D eigenvalue weighted by atomic mass is 10.0. The molecule has 7 heteroatoms. The van der Waals surface area contributed by atoms with E-state index in [1.165, 1.54) is 11.3 Å². The standard InChI is InChI=1S/C19H16N4O2S/c1-10(17(20)24)21-18(25)15-9-14-16(22-23-19(14)26-15)13-7-6-11-4-2-3-5-12(11)8-13/h2-10H,1H3,(H2,20,24)(H,21,25)(H,22,23). The van der Waals surface area contributed by atoms with Crippen LogP contribution in [0, 0.1) is 0 Å². The van der Waals surface area contributed by atoms with Gasteiger partial charge in [-0.05, 0) is 29.8 Å². The molecule has 4 aromatic rings. The zero-order chi connectivity index (χ0) is 18.3. The Hall–Kier alpha value is -3.19. The maximum atomic E-state index is 12.3. The number of aromatic amines is 1. The Balaban J connectivity index is 1.71. The molecular weight excluding hydrogens is 348 g/mol. The summed E-state index contributed by atoms with van der Waals surface area (Å²) in [5, 5.41) is 13.1. The molecule has 26 heavy (non-hydrogen) atoms. The lowest BCUT2D eigenvalue weighted by molar-refractivity contribution is -0.119. The summed E-state index contributed by atoms with van der Waals surface area (Å²) in [6, 6.07) is 15.3. The molecule has 0 radical (unpaired) electrons. The number of hydrogen-bond donors (Lipinski definition) is 3. The van der Waals surface area contributed by atoms with E-state index in [4.69, 9.17) is 5.73 Å². The van der Waals surface area contributed by atoms with Crippen LogP contribution in [0.25, 0.3) is 32.2 Å². The molecule has 1 unspecified atom stereocenters. The lowest BCUT2D eigenvalue weighted by Crippen LogP contribution is -2.41. The van der Waals surface area contributed by atoms with E-state index >= 15 is 0 Å². The van der Waals surface area contributed by atoms with Crippen molar-refractivity contribution >= 4 is 44.1 Å². The normalized spacial score (nSPS) is 12.3. The summed E-state index contributed by atoms with van der Waals surface area (Å²) in [6.07, 6.45) is 0. The first-order valence-corrected chi connectivity index (χ1v) is 8.92. The first-order valence-electron chi connectivity index (χ1n) is 8.10. The number of nitrogens with two attached hydrogens (primary N) is 1. The number of benzene rings is 2. The molecule has 0 fully saturated rings. The molecule has 0 aliphatic carbocycles. The number of thiophene rings is 1. The van der Waals surface area contributed by atoms with Crippen LogP contribution in [-0.4, -0.2) is 28.1 Å². The van der Waals surface area contributed by atoms with Gasteiger partial charge in [0, 0.05) is 10.9 Å². The van der Waals surface area contributed by atoms with E-state index < -0.39 is 11.9 Å². The highest BCUT2D eigenvalue weighted by Crippen LogP contribution is 2.33. The molecule has 0 aliphatic heterocycles. The first-order chi connectivity index (χ1) is 12.5. The number of nitrogens with zero attached hydrogens (tertiary/aromatic N) is 1. The first kappa shape index (κ1) is 16.3. The minimum absolute atomic E-state index is 0.324. The van der Waals surface area contributed by atoms with Crippen LogP contribution in [0.2, 0.25) is 0 Å². The highest BCUT2D eigenvalue weighted by molar-refractivity contribution is 7.20. The summed E-state index contributed by atoms with van der Waals surface area (Å²) in [4.78, 5) is 24.7. The lowest BCUT2D eigenvalue weighted by Gasteiger charge is -2.08. The van der Waals surface area contributed by atoms with Crippen LogP contribution < -0.4 is 11.1 Å². The van der Waals surface area contributed by atoms with Crippen LogP contribution in [0.1, 0.15) is 16.6 Å². The average molecular weight is 364 g/mol. The molecule has 2 aromatic heterocycles. The van der Waals surface area contributed by atoms with Gasteiger partial charge in [-0.25, -0.2) is 0 Å². The van der Waals surface area contributed by atoms with Gasteiger partial charge < -0.3 is 11.1 Å². The molecule has 2 heterocycles. The molecule has 0 saturated heterocycles. The molecule has 0 spiro atoms. The fraction of sp³-hybridized carbons (Fsp3) is 0.105. The zero-order valence-electron chi connectivity index (χ0n) is 13.9. The highest BCUT2D eigenvalue weighted by Gasteiger charge is 2.19. The minimum Gasteiger partial charge on any atom is -0.368 e. The Kier molecular flexibility index (Phi) is 3.93. The van der Waals surface area contributed by atoms with Crippen LogP contribution in [0.3, 0.4) is 0 Å². The maximum absolute atomic E-state index is 12.3. The van der Waals surface area contributed by atoms with Crippen LogP contribution in [0.15, 0.2) is 48.5 Å². The van der Waals surface area contributed by atoms with Gasteiger partial charge in [0.2, 0.25) is 5.91 Å². The third-order valence-corrected chi connectivity index (χ3v) is 5.32. The van der Waals surface area contributed by atoms with Crippen molar-refractivity contribution in [1.29, 1.82) is 0 Å². The summed E-state index contributed by atoms with van der Waals surface area (Å²) in [5.41, 5.74) is 6.97. The van der Waals surface area contributed by atoms with E-state index in [0.29, 0.717) is 4.88 Å². The van der Waals surface area contributed by atoms with E-state index in [1.807, 2.05) is 18.2 Å². The number of fused-ring (bicyclic) bond motifs is 2. The monoisotopic (exact) mass is 364 g/mol. The number of carbonyl (C=O) groups is 2. The van der Waals surface area contributed by atoms with E-state index in [1.54, 1.807) is 13.0 Å². The molecule has 0 saturated carbocycles. The number of hydrogen-bond acceptors (Lipinski definition) is 4. The van der Waals surface area contributed by atoms with Crippen molar-refractivity contribution in [1.82, 2.24) is 15.5 Å². The fourth-order valence-electron chi connectivity index (χ4n) is 2.82. The van der Waals surface area contributed by atoms with Gasteiger partial charge in [-0.1, -0.05) is 36.4 Å². The van der Waals surface area contributed by atoms with Crippen molar-refractivity contribution in [2.75, 3.05) is 0 Å². The number of amides is 2. The summed E-state index contributed by atoms with van der Waals surface area (Å²) < 4.78 is 0. The van der Waals surface area contributed by atoms with Crippen molar-refractivity contribution in [3.05, 3.63) is 53.4 Å². The van der Waals surface area contributed by atoms with Gasteiger partial charge in [0.15, 0.2) is 0 Å². The predicted molar refractivity (Wildman–Crippen MR) is 103 cm³/mol. The zero-order valence-corrected chi connectivity index (χ0v) is 14.8. The third kappa shape index (κ3) is 2.82.